The second kappa shape index (κ2) is 15.6. The quantitative estimate of drug-likeness (QED) is 0.155. The predicted octanol–water partition coefficient (Wildman–Crippen LogP) is 14.3. The molecule has 0 atom stereocenters. The van der Waals surface area contributed by atoms with Gasteiger partial charge in [0, 0.05) is 35.5 Å². The molecule has 0 bridgehead atoms. The van der Waals surface area contributed by atoms with Crippen molar-refractivity contribution in [3.05, 3.63) is 224 Å². The van der Waals surface area contributed by atoms with Crippen LogP contribution in [0.25, 0.3) is 43.8 Å². The van der Waals surface area contributed by atoms with Gasteiger partial charge in [-0.1, -0.05) is 164 Å². The van der Waals surface area contributed by atoms with Gasteiger partial charge in [0.05, 0.1) is 0 Å². The monoisotopic (exact) mass is 680 g/mol. The van der Waals surface area contributed by atoms with Crippen LogP contribution in [-0.4, -0.2) is 7.05 Å². The summed E-state index contributed by atoms with van der Waals surface area (Å²) in [6.07, 6.45) is 0. The maximum Gasteiger partial charge on any atom is 0.0468 e. The molecule has 0 unspecified atom stereocenters. The Bertz CT molecular complexity index is 2460. The zero-order valence-corrected chi connectivity index (χ0v) is 29.8. The maximum absolute atomic E-state index is 2.37. The Morgan fingerprint density at radius 2 is 0.585 bits per heavy atom. The molecule has 53 heavy (non-hydrogen) atoms. The lowest BCUT2D eigenvalue weighted by Crippen LogP contribution is -2.09. The Hall–Kier alpha value is -6.90. The van der Waals surface area contributed by atoms with E-state index in [0.29, 0.717) is 0 Å². The molecule has 0 heterocycles. The van der Waals surface area contributed by atoms with Crippen molar-refractivity contribution < 1.29 is 0 Å². The molecule has 9 aromatic rings. The zero-order chi connectivity index (χ0) is 35.8. The molecule has 0 spiro atoms. The van der Waals surface area contributed by atoms with Crippen molar-refractivity contribution >= 4 is 50.0 Å². The van der Waals surface area contributed by atoms with Gasteiger partial charge >= 0.3 is 0 Å². The van der Waals surface area contributed by atoms with Gasteiger partial charge in [-0.25, -0.2) is 0 Å². The number of benzene rings is 9. The molecule has 0 amide bonds. The molecule has 0 aliphatic heterocycles. The summed E-state index contributed by atoms with van der Waals surface area (Å²) in [5.41, 5.74) is 10.8. The average Bonchev–Trinajstić information content (AvgIpc) is 3.25. The molecule has 0 radical (unpaired) electrons. The fourth-order valence-corrected chi connectivity index (χ4v) is 7.19. The van der Waals surface area contributed by atoms with Gasteiger partial charge in [-0.3, -0.25) is 0 Å². The first-order valence-corrected chi connectivity index (χ1v) is 18.1. The van der Waals surface area contributed by atoms with Crippen LogP contribution in [0.2, 0.25) is 0 Å². The van der Waals surface area contributed by atoms with Gasteiger partial charge in [-0.2, -0.15) is 0 Å². The van der Waals surface area contributed by atoms with Crippen molar-refractivity contribution in [2.75, 3.05) is 16.8 Å². The minimum absolute atomic E-state index is 1.13. The predicted molar refractivity (Wildman–Crippen MR) is 228 cm³/mol. The Morgan fingerprint density at radius 1 is 0.264 bits per heavy atom. The van der Waals surface area contributed by atoms with E-state index in [1.54, 1.807) is 0 Å². The molecular weight excluding hydrogens is 641 g/mol. The highest BCUT2D eigenvalue weighted by atomic mass is 15.1. The number of rotatable bonds is 7. The summed E-state index contributed by atoms with van der Waals surface area (Å²) in [5.74, 6) is 0. The molecule has 0 aromatic heterocycles. The third-order valence-electron chi connectivity index (χ3n) is 9.71. The van der Waals surface area contributed by atoms with E-state index in [9.17, 15) is 0 Å². The molecular formula is C51H40N2. The van der Waals surface area contributed by atoms with Crippen LogP contribution < -0.4 is 9.80 Å². The molecule has 0 saturated carbocycles. The van der Waals surface area contributed by atoms with Crippen molar-refractivity contribution in [2.45, 2.75) is 0 Å². The van der Waals surface area contributed by atoms with Gasteiger partial charge in [0.15, 0.2) is 0 Å². The SMILES string of the molecule is CN(c1ccccc1)c1ccccc1.c1ccc(-c2c3ccccc3c(-c3ccccc3)c3cc(N(c4ccccc4)c4ccccc4)ccc23)cc1. The number of para-hydroxylation sites is 4. The van der Waals surface area contributed by atoms with Crippen LogP contribution in [0.1, 0.15) is 0 Å². The molecule has 9 rings (SSSR count). The van der Waals surface area contributed by atoms with E-state index in [-0.39, 0.29) is 0 Å². The standard InChI is InChI=1S/C38H27N.C13H13N/c1-5-15-28(16-6-1)37-33-23-13-14-24-34(33)38(29-17-7-2-8-18-29)36-27-32(25-26-35(36)37)39(30-19-9-3-10-20-30)31-21-11-4-12-22-31;1-14(12-8-4-2-5-9-12)13-10-6-3-7-11-13/h1-27H;2-11H,1H3. The number of hydrogen-bond acceptors (Lipinski definition) is 2. The Morgan fingerprint density at radius 3 is 1.00 bits per heavy atom. The van der Waals surface area contributed by atoms with E-state index >= 15 is 0 Å². The second-order valence-corrected chi connectivity index (χ2v) is 13.0. The highest BCUT2D eigenvalue weighted by Crippen LogP contribution is 2.46. The lowest BCUT2D eigenvalue weighted by atomic mass is 9.85. The molecule has 0 N–H and O–H groups in total. The lowest BCUT2D eigenvalue weighted by molar-refractivity contribution is 1.21. The second-order valence-electron chi connectivity index (χ2n) is 13.0. The Kier molecular flexibility index (Phi) is 9.76. The molecule has 9 aromatic carbocycles. The van der Waals surface area contributed by atoms with E-state index in [0.717, 1.165) is 17.1 Å². The zero-order valence-electron chi connectivity index (χ0n) is 29.8. The van der Waals surface area contributed by atoms with E-state index in [1.807, 2.05) is 12.1 Å². The van der Waals surface area contributed by atoms with E-state index < -0.39 is 0 Å². The topological polar surface area (TPSA) is 6.48 Å². The highest BCUT2D eigenvalue weighted by molar-refractivity contribution is 6.22. The fraction of sp³-hybridized carbons (Fsp3) is 0.0196. The van der Waals surface area contributed by atoms with Gasteiger partial charge in [0.2, 0.25) is 0 Å². The number of fused-ring (bicyclic) bond motifs is 2. The van der Waals surface area contributed by atoms with Gasteiger partial charge < -0.3 is 9.80 Å². The summed E-state index contributed by atoms with van der Waals surface area (Å²) in [6.45, 7) is 0. The summed E-state index contributed by atoms with van der Waals surface area (Å²) in [4.78, 5) is 4.51. The summed E-state index contributed by atoms with van der Waals surface area (Å²) in [6, 6.07) is 79.3. The van der Waals surface area contributed by atoms with E-state index in [4.69, 9.17) is 0 Å². The van der Waals surface area contributed by atoms with Crippen LogP contribution in [-0.2, 0) is 0 Å². The van der Waals surface area contributed by atoms with E-state index in [1.165, 1.54) is 55.2 Å². The first-order chi connectivity index (χ1) is 26.3. The third-order valence-corrected chi connectivity index (χ3v) is 9.71. The van der Waals surface area contributed by atoms with Crippen molar-refractivity contribution in [3.63, 3.8) is 0 Å². The van der Waals surface area contributed by atoms with Gasteiger partial charge in [0.25, 0.3) is 0 Å². The lowest BCUT2D eigenvalue weighted by Gasteiger charge is -2.26. The van der Waals surface area contributed by atoms with Crippen LogP contribution in [0.15, 0.2) is 224 Å². The van der Waals surface area contributed by atoms with E-state index in [2.05, 4.69) is 229 Å². The van der Waals surface area contributed by atoms with Gasteiger partial charge in [-0.15, -0.1) is 0 Å². The normalized spacial score (nSPS) is 10.7. The summed E-state index contributed by atoms with van der Waals surface area (Å²) >= 11 is 0. The van der Waals surface area contributed by atoms with Crippen molar-refractivity contribution in [2.24, 2.45) is 0 Å². The Balaban J connectivity index is 0.000000240. The fourth-order valence-electron chi connectivity index (χ4n) is 7.19. The molecule has 2 heteroatoms. The van der Waals surface area contributed by atoms with Crippen LogP contribution in [0.3, 0.4) is 0 Å². The number of hydrogen-bond donors (Lipinski definition) is 0. The Labute approximate surface area is 312 Å². The highest BCUT2D eigenvalue weighted by Gasteiger charge is 2.19. The van der Waals surface area contributed by atoms with Crippen molar-refractivity contribution in [1.82, 2.24) is 0 Å². The third kappa shape index (κ3) is 7.04. The first-order valence-electron chi connectivity index (χ1n) is 18.1. The first kappa shape index (κ1) is 33.3. The average molecular weight is 681 g/mol. The molecule has 0 aliphatic rings. The van der Waals surface area contributed by atoms with Crippen LogP contribution in [0.4, 0.5) is 28.4 Å². The molecule has 254 valence electrons. The van der Waals surface area contributed by atoms with Crippen molar-refractivity contribution in [1.29, 1.82) is 0 Å². The summed E-state index contributed by atoms with van der Waals surface area (Å²) in [7, 11) is 2.07. The maximum atomic E-state index is 2.37. The number of anilines is 5. The minimum Gasteiger partial charge on any atom is -0.345 e. The summed E-state index contributed by atoms with van der Waals surface area (Å²) < 4.78 is 0. The summed E-state index contributed by atoms with van der Waals surface area (Å²) in [5, 5.41) is 5.03. The van der Waals surface area contributed by atoms with Crippen LogP contribution >= 0.6 is 0 Å². The molecule has 0 saturated heterocycles. The molecule has 0 aliphatic carbocycles. The van der Waals surface area contributed by atoms with Crippen LogP contribution in [0, 0.1) is 0 Å². The van der Waals surface area contributed by atoms with Crippen molar-refractivity contribution in [3.8, 4) is 22.3 Å². The largest absolute Gasteiger partial charge is 0.345 e. The molecule has 2 nitrogen and oxygen atoms in total. The smallest absolute Gasteiger partial charge is 0.0468 e. The van der Waals surface area contributed by atoms with Gasteiger partial charge in [0.1, 0.15) is 0 Å². The minimum atomic E-state index is 1.13. The van der Waals surface area contributed by atoms with Crippen LogP contribution in [0.5, 0.6) is 0 Å². The molecule has 0 fully saturated rings. The van der Waals surface area contributed by atoms with Gasteiger partial charge in [-0.05, 0) is 104 Å². The number of nitrogens with zero attached hydrogens (tertiary/aromatic N) is 2.